The number of carbonyl (C=O) groups is 4. The summed E-state index contributed by atoms with van der Waals surface area (Å²) in [6.07, 6.45) is -3.53. The van der Waals surface area contributed by atoms with E-state index in [1.54, 1.807) is 36.4 Å². The van der Waals surface area contributed by atoms with Crippen molar-refractivity contribution in [2.24, 2.45) is 0 Å². The number of carbonyl (C=O) groups excluding carboxylic acids is 4. The topological polar surface area (TPSA) is 114 Å². The van der Waals surface area contributed by atoms with Crippen LogP contribution in [-0.4, -0.2) is 36.0 Å². The number of ether oxygens (including phenoxy) is 2. The van der Waals surface area contributed by atoms with Crippen LogP contribution < -0.4 is 4.90 Å². The number of benzene rings is 3. The Morgan fingerprint density at radius 3 is 1.71 bits per heavy atom. The second kappa shape index (κ2) is 9.57. The normalized spacial score (nSPS) is 17.2. The molecular weight excluding hydrogens is 460 g/mol. The highest BCUT2D eigenvalue weighted by molar-refractivity contribution is 6.32. The van der Waals surface area contributed by atoms with E-state index in [1.165, 1.54) is 42.5 Å². The van der Waals surface area contributed by atoms with E-state index in [9.17, 15) is 24.4 Å². The zero-order chi connectivity index (χ0) is 24.2. The van der Waals surface area contributed by atoms with Crippen LogP contribution in [0.2, 0.25) is 5.02 Å². The Hall–Kier alpha value is -4.48. The molecule has 0 bridgehead atoms. The van der Waals surface area contributed by atoms with Gasteiger partial charge in [-0.25, -0.2) is 14.5 Å². The molecule has 2 amide bonds. The van der Waals surface area contributed by atoms with Crippen molar-refractivity contribution in [1.82, 2.24) is 0 Å². The van der Waals surface area contributed by atoms with Crippen molar-refractivity contribution in [3.05, 3.63) is 101 Å². The second-order valence-corrected chi connectivity index (χ2v) is 7.61. The summed E-state index contributed by atoms with van der Waals surface area (Å²) in [4.78, 5) is 52.5. The molecule has 9 heteroatoms. The molecule has 0 spiro atoms. The maximum Gasteiger partial charge on any atom is 0.339 e. The molecule has 4 rings (SSSR count). The Kier molecular flexibility index (Phi) is 6.39. The zero-order valence-corrected chi connectivity index (χ0v) is 18.1. The third-order valence-electron chi connectivity index (χ3n) is 5.01. The minimum Gasteiger partial charge on any atom is -0.444 e. The number of hydrogen-bond acceptors (Lipinski definition) is 7. The highest BCUT2D eigenvalue weighted by atomic mass is 35.5. The molecule has 0 aromatic heterocycles. The van der Waals surface area contributed by atoms with E-state index in [0.717, 1.165) is 0 Å². The third kappa shape index (κ3) is 4.37. The zero-order valence-electron chi connectivity index (χ0n) is 17.4. The van der Waals surface area contributed by atoms with Crippen LogP contribution in [0, 0.1) is 11.3 Å². The summed E-state index contributed by atoms with van der Waals surface area (Å²) in [6.45, 7) is 0. The minimum absolute atomic E-state index is 0.0192. The number of halogens is 1. The van der Waals surface area contributed by atoms with Gasteiger partial charge >= 0.3 is 11.9 Å². The maximum atomic E-state index is 13.3. The maximum absolute atomic E-state index is 13.3. The molecule has 0 unspecified atom stereocenters. The molecule has 34 heavy (non-hydrogen) atoms. The first kappa shape index (κ1) is 22.7. The van der Waals surface area contributed by atoms with Gasteiger partial charge in [-0.1, -0.05) is 48.0 Å². The van der Waals surface area contributed by atoms with Gasteiger partial charge in [-0.05, 0) is 42.5 Å². The summed E-state index contributed by atoms with van der Waals surface area (Å²) in [5.41, 5.74) is 0.142. The fourth-order valence-electron chi connectivity index (χ4n) is 3.38. The van der Waals surface area contributed by atoms with Crippen LogP contribution in [-0.2, 0) is 19.1 Å². The van der Waals surface area contributed by atoms with Crippen molar-refractivity contribution in [3.63, 3.8) is 0 Å². The van der Waals surface area contributed by atoms with Gasteiger partial charge in [-0.15, -0.1) is 0 Å². The van der Waals surface area contributed by atoms with E-state index in [4.69, 9.17) is 21.1 Å². The highest BCUT2D eigenvalue weighted by Crippen LogP contribution is 2.32. The quantitative estimate of drug-likeness (QED) is 0.410. The molecule has 0 radical (unpaired) electrons. The lowest BCUT2D eigenvalue weighted by molar-refractivity contribution is -0.130. The second-order valence-electron chi connectivity index (χ2n) is 7.17. The molecule has 0 aliphatic carbocycles. The van der Waals surface area contributed by atoms with Crippen LogP contribution in [0.1, 0.15) is 26.3 Å². The van der Waals surface area contributed by atoms with E-state index in [2.05, 4.69) is 0 Å². The molecular formula is C25H15ClN2O6. The number of anilines is 1. The molecule has 1 fully saturated rings. The van der Waals surface area contributed by atoms with E-state index in [0.29, 0.717) is 4.90 Å². The molecule has 0 N–H and O–H groups in total. The van der Waals surface area contributed by atoms with Crippen LogP contribution in [0.25, 0.3) is 0 Å². The van der Waals surface area contributed by atoms with Crippen molar-refractivity contribution in [3.8, 4) is 6.07 Å². The molecule has 1 aliphatic rings. The smallest absolute Gasteiger partial charge is 0.339 e. The van der Waals surface area contributed by atoms with E-state index in [1.807, 2.05) is 6.07 Å². The average molecular weight is 475 g/mol. The monoisotopic (exact) mass is 474 g/mol. The molecule has 1 aliphatic heterocycles. The molecule has 1 heterocycles. The Morgan fingerprint density at radius 1 is 0.794 bits per heavy atom. The minimum atomic E-state index is -1.77. The molecule has 0 saturated carbocycles. The van der Waals surface area contributed by atoms with Gasteiger partial charge in [-0.2, -0.15) is 5.26 Å². The first-order valence-electron chi connectivity index (χ1n) is 10.00. The molecule has 2 atom stereocenters. The first-order valence-corrected chi connectivity index (χ1v) is 10.4. The Balaban J connectivity index is 1.71. The number of imide groups is 1. The lowest BCUT2D eigenvalue weighted by atomic mass is 10.2. The van der Waals surface area contributed by atoms with Crippen molar-refractivity contribution >= 4 is 41.0 Å². The Bertz CT molecular complexity index is 1250. The van der Waals surface area contributed by atoms with Crippen LogP contribution in [0.3, 0.4) is 0 Å². The van der Waals surface area contributed by atoms with Crippen molar-refractivity contribution in [2.45, 2.75) is 12.2 Å². The Labute approximate surface area is 198 Å². The number of nitriles is 1. The largest absolute Gasteiger partial charge is 0.444 e. The van der Waals surface area contributed by atoms with Crippen LogP contribution in [0.4, 0.5) is 5.69 Å². The summed E-state index contributed by atoms with van der Waals surface area (Å²) in [5.74, 6) is -3.72. The highest BCUT2D eigenvalue weighted by Gasteiger charge is 2.54. The van der Waals surface area contributed by atoms with E-state index >= 15 is 0 Å². The lowest BCUT2D eigenvalue weighted by Gasteiger charge is -2.16. The van der Waals surface area contributed by atoms with Crippen molar-refractivity contribution in [1.29, 1.82) is 5.26 Å². The lowest BCUT2D eigenvalue weighted by Crippen LogP contribution is -2.37. The van der Waals surface area contributed by atoms with Crippen LogP contribution >= 0.6 is 11.6 Å². The predicted octanol–water partition coefficient (Wildman–Crippen LogP) is 3.54. The van der Waals surface area contributed by atoms with Crippen molar-refractivity contribution in [2.75, 3.05) is 4.90 Å². The number of rotatable bonds is 5. The van der Waals surface area contributed by atoms with E-state index in [-0.39, 0.29) is 27.4 Å². The van der Waals surface area contributed by atoms with Gasteiger partial charge in [0.2, 0.25) is 12.2 Å². The Morgan fingerprint density at radius 2 is 1.26 bits per heavy atom. The molecule has 3 aromatic carbocycles. The SMILES string of the molecule is N#Cc1ccc(Cl)cc1N1C(=O)[C@@H](OC(=O)c2ccccc2)[C@H](OC(=O)c2ccccc2)C1=O. The first-order chi connectivity index (χ1) is 16.4. The number of amides is 2. The molecule has 8 nitrogen and oxygen atoms in total. The van der Waals surface area contributed by atoms with Gasteiger partial charge in [0.15, 0.2) is 0 Å². The molecule has 168 valence electrons. The number of esters is 2. The van der Waals surface area contributed by atoms with Crippen LogP contribution in [0.15, 0.2) is 78.9 Å². The summed E-state index contributed by atoms with van der Waals surface area (Å²) in [7, 11) is 0. The number of hydrogen-bond donors (Lipinski definition) is 0. The van der Waals surface area contributed by atoms with Gasteiger partial charge in [0.1, 0.15) is 6.07 Å². The third-order valence-corrected chi connectivity index (χ3v) is 5.25. The molecule has 1 saturated heterocycles. The summed E-state index contributed by atoms with van der Waals surface area (Å²) >= 11 is 6.02. The summed E-state index contributed by atoms with van der Waals surface area (Å²) in [5, 5.41) is 9.61. The van der Waals surface area contributed by atoms with Gasteiger partial charge in [0.25, 0.3) is 11.8 Å². The fraction of sp³-hybridized carbons (Fsp3) is 0.0800. The summed E-state index contributed by atoms with van der Waals surface area (Å²) in [6, 6.07) is 21.6. The summed E-state index contributed by atoms with van der Waals surface area (Å²) < 4.78 is 10.7. The van der Waals surface area contributed by atoms with Gasteiger partial charge in [0, 0.05) is 5.02 Å². The predicted molar refractivity (Wildman–Crippen MR) is 120 cm³/mol. The van der Waals surface area contributed by atoms with E-state index < -0.39 is 36.0 Å². The average Bonchev–Trinajstić information content (AvgIpc) is 3.08. The number of nitrogens with zero attached hydrogens (tertiary/aromatic N) is 2. The fourth-order valence-corrected chi connectivity index (χ4v) is 3.55. The van der Waals surface area contributed by atoms with Crippen molar-refractivity contribution < 1.29 is 28.7 Å². The van der Waals surface area contributed by atoms with Gasteiger partial charge in [-0.3, -0.25) is 9.59 Å². The molecule has 3 aromatic rings. The van der Waals surface area contributed by atoms with Crippen LogP contribution in [0.5, 0.6) is 0 Å². The van der Waals surface area contributed by atoms with Gasteiger partial charge in [0.05, 0.1) is 22.4 Å². The van der Waals surface area contributed by atoms with Gasteiger partial charge < -0.3 is 9.47 Å². The standard InChI is InChI=1S/C25H15ClN2O6/c26-18-12-11-17(14-27)19(13-18)28-22(29)20(33-24(31)15-7-3-1-4-8-15)21(23(28)30)34-25(32)16-9-5-2-6-10-16/h1-13,20-21H/t20-,21-/m0/s1.